The molecule has 3 N–H and O–H groups in total. The summed E-state index contributed by atoms with van der Waals surface area (Å²) in [5.74, 6) is 1.02. The predicted molar refractivity (Wildman–Crippen MR) is 120 cm³/mol. The van der Waals surface area contributed by atoms with Crippen molar-refractivity contribution < 1.29 is 0 Å². The third-order valence-electron chi connectivity index (χ3n) is 5.53. The second kappa shape index (κ2) is 8.62. The summed E-state index contributed by atoms with van der Waals surface area (Å²) < 4.78 is 0. The van der Waals surface area contributed by atoms with Crippen molar-refractivity contribution in [2.75, 3.05) is 38.2 Å². The number of unbranched alkanes of at least 4 members (excludes halogenated alkanes) is 1. The number of benzene rings is 2. The molecule has 29 heavy (non-hydrogen) atoms. The molecule has 150 valence electrons. The van der Waals surface area contributed by atoms with Gasteiger partial charge in [-0.3, -0.25) is 0 Å². The molecule has 1 heterocycles. The number of aromatic nitrogens is 2. The molecule has 0 saturated carbocycles. The normalized spacial score (nSPS) is 15.1. The van der Waals surface area contributed by atoms with Crippen molar-refractivity contribution >= 4 is 11.6 Å². The second-order valence-electron chi connectivity index (χ2n) is 8.02. The average Bonchev–Trinajstić information content (AvgIpc) is 2.73. The molecule has 0 radical (unpaired) electrons. The highest BCUT2D eigenvalue weighted by molar-refractivity contribution is 5.72. The van der Waals surface area contributed by atoms with Crippen molar-refractivity contribution in [3.05, 3.63) is 71.4 Å². The Morgan fingerprint density at radius 1 is 1.07 bits per heavy atom. The number of rotatable bonds is 7. The molecule has 1 aliphatic rings. The Balaban J connectivity index is 1.56. The number of nitrogens with zero attached hydrogens (tertiary/aromatic N) is 3. The van der Waals surface area contributed by atoms with Gasteiger partial charge in [-0.2, -0.15) is 0 Å². The van der Waals surface area contributed by atoms with E-state index in [0.717, 1.165) is 43.7 Å². The van der Waals surface area contributed by atoms with E-state index in [1.807, 2.05) is 18.3 Å². The monoisotopic (exact) mass is 387 g/mol. The van der Waals surface area contributed by atoms with Crippen LogP contribution in [0.5, 0.6) is 0 Å². The van der Waals surface area contributed by atoms with Crippen LogP contribution in [0, 0.1) is 0 Å². The summed E-state index contributed by atoms with van der Waals surface area (Å²) in [7, 11) is 4.21. The molecule has 4 rings (SSSR count). The van der Waals surface area contributed by atoms with Gasteiger partial charge in [-0.1, -0.05) is 36.4 Å². The van der Waals surface area contributed by atoms with Gasteiger partial charge in [0, 0.05) is 29.9 Å². The lowest BCUT2D eigenvalue weighted by molar-refractivity contribution is 0.396. The lowest BCUT2D eigenvalue weighted by atomic mass is 9.78. The summed E-state index contributed by atoms with van der Waals surface area (Å²) in [5, 5.41) is 3.39. The number of anilines is 2. The zero-order chi connectivity index (χ0) is 20.2. The van der Waals surface area contributed by atoms with Crippen molar-refractivity contribution in [3.8, 4) is 11.3 Å². The molecule has 3 aromatic rings. The minimum Gasteiger partial charge on any atom is -0.399 e. The maximum absolute atomic E-state index is 5.89. The van der Waals surface area contributed by atoms with Gasteiger partial charge in [0.15, 0.2) is 0 Å². The lowest BCUT2D eigenvalue weighted by Gasteiger charge is -2.27. The van der Waals surface area contributed by atoms with E-state index in [1.54, 1.807) is 0 Å². The fourth-order valence-corrected chi connectivity index (χ4v) is 4.00. The van der Waals surface area contributed by atoms with E-state index in [-0.39, 0.29) is 0 Å². The number of hydrogen-bond donors (Lipinski definition) is 2. The largest absolute Gasteiger partial charge is 0.399 e. The summed E-state index contributed by atoms with van der Waals surface area (Å²) >= 11 is 0. The first-order valence-electron chi connectivity index (χ1n) is 10.3. The molecule has 0 bridgehead atoms. The van der Waals surface area contributed by atoms with Gasteiger partial charge in [0.25, 0.3) is 0 Å². The van der Waals surface area contributed by atoms with Gasteiger partial charge in [-0.25, -0.2) is 9.97 Å². The van der Waals surface area contributed by atoms with Crippen molar-refractivity contribution in [1.29, 1.82) is 0 Å². The lowest BCUT2D eigenvalue weighted by Crippen LogP contribution is -2.16. The molecule has 2 aromatic carbocycles. The van der Waals surface area contributed by atoms with Crippen LogP contribution in [0.25, 0.3) is 11.3 Å². The van der Waals surface area contributed by atoms with E-state index in [4.69, 9.17) is 10.7 Å². The van der Waals surface area contributed by atoms with Crippen molar-refractivity contribution in [2.45, 2.75) is 25.2 Å². The smallest absolute Gasteiger partial charge is 0.223 e. The Morgan fingerprint density at radius 2 is 1.86 bits per heavy atom. The minimum absolute atomic E-state index is 0.299. The van der Waals surface area contributed by atoms with Crippen molar-refractivity contribution in [2.24, 2.45) is 0 Å². The van der Waals surface area contributed by atoms with E-state index in [2.05, 4.69) is 65.7 Å². The molecule has 0 saturated heterocycles. The molecule has 5 heteroatoms. The molecule has 0 spiro atoms. The first kappa shape index (κ1) is 19.4. The van der Waals surface area contributed by atoms with Crippen LogP contribution in [0.3, 0.4) is 0 Å². The molecule has 1 atom stereocenters. The maximum atomic E-state index is 5.89. The first-order chi connectivity index (χ1) is 14.1. The number of nitrogens with one attached hydrogen (secondary N) is 1. The van der Waals surface area contributed by atoms with Gasteiger partial charge < -0.3 is 16.0 Å². The number of nitrogen functional groups attached to an aromatic ring is 1. The van der Waals surface area contributed by atoms with Crippen LogP contribution in [0.15, 0.2) is 54.7 Å². The van der Waals surface area contributed by atoms with E-state index < -0.39 is 0 Å². The fourth-order valence-electron chi connectivity index (χ4n) is 4.00. The predicted octanol–water partition coefficient (Wildman–Crippen LogP) is 4.17. The number of nitrogens with two attached hydrogens (primary N) is 1. The van der Waals surface area contributed by atoms with E-state index in [0.29, 0.717) is 11.9 Å². The van der Waals surface area contributed by atoms with Crippen LogP contribution < -0.4 is 11.1 Å². The van der Waals surface area contributed by atoms with E-state index >= 15 is 0 Å². The first-order valence-corrected chi connectivity index (χ1v) is 10.3. The third-order valence-corrected chi connectivity index (χ3v) is 5.53. The van der Waals surface area contributed by atoms with Crippen LogP contribution in [0.1, 0.15) is 35.4 Å². The zero-order valence-electron chi connectivity index (χ0n) is 17.2. The Hall–Kier alpha value is -2.92. The fraction of sp³-hybridized carbons (Fsp3) is 0.333. The van der Waals surface area contributed by atoms with Gasteiger partial charge >= 0.3 is 0 Å². The molecule has 0 fully saturated rings. The molecule has 1 unspecified atom stereocenters. The van der Waals surface area contributed by atoms with Crippen LogP contribution in [-0.2, 0) is 6.42 Å². The average molecular weight is 388 g/mol. The molecular weight excluding hydrogens is 358 g/mol. The maximum Gasteiger partial charge on any atom is 0.223 e. The highest BCUT2D eigenvalue weighted by Gasteiger charge is 2.27. The number of fused-ring (bicyclic) bond motifs is 3. The van der Waals surface area contributed by atoms with Crippen LogP contribution in [0.4, 0.5) is 11.6 Å². The summed E-state index contributed by atoms with van der Waals surface area (Å²) in [5.41, 5.74) is 12.7. The van der Waals surface area contributed by atoms with Crippen LogP contribution >= 0.6 is 0 Å². The standard InChI is InChI=1S/C24H29N5/c1-29(2)14-6-5-13-26-24-27-16-18-15-22(17-9-11-19(25)12-10-17)20-7-3-4-8-21(20)23(18)28-24/h3-4,7-12,16,22H,5-6,13-15,25H2,1-2H3,(H,26,27,28). The van der Waals surface area contributed by atoms with Crippen LogP contribution in [0.2, 0.25) is 0 Å². The van der Waals surface area contributed by atoms with Gasteiger partial charge in [0.2, 0.25) is 5.95 Å². The summed E-state index contributed by atoms with van der Waals surface area (Å²) in [6, 6.07) is 16.8. The van der Waals surface area contributed by atoms with Gasteiger partial charge in [-0.15, -0.1) is 0 Å². The van der Waals surface area contributed by atoms with Crippen LogP contribution in [-0.4, -0.2) is 42.1 Å². The zero-order valence-corrected chi connectivity index (χ0v) is 17.2. The quantitative estimate of drug-likeness (QED) is 0.470. The summed E-state index contributed by atoms with van der Waals surface area (Å²) in [4.78, 5) is 11.7. The van der Waals surface area contributed by atoms with E-state index in [9.17, 15) is 0 Å². The molecule has 0 amide bonds. The minimum atomic E-state index is 0.299. The SMILES string of the molecule is CN(C)CCCCNc1ncc2c(n1)-c1ccccc1C(c1ccc(N)cc1)C2. The third kappa shape index (κ3) is 4.40. The molecule has 1 aromatic heterocycles. The Morgan fingerprint density at radius 3 is 2.66 bits per heavy atom. The number of hydrogen-bond acceptors (Lipinski definition) is 5. The van der Waals surface area contributed by atoms with E-state index in [1.165, 1.54) is 22.3 Å². The molecule has 0 aliphatic heterocycles. The Labute approximate surface area is 173 Å². The van der Waals surface area contributed by atoms with Gasteiger partial charge in [-0.05, 0) is 68.7 Å². The summed E-state index contributed by atoms with van der Waals surface area (Å²) in [6.45, 7) is 2.00. The highest BCUT2D eigenvalue weighted by atomic mass is 15.1. The second-order valence-corrected chi connectivity index (χ2v) is 8.02. The molecule has 1 aliphatic carbocycles. The van der Waals surface area contributed by atoms with Crippen molar-refractivity contribution in [3.63, 3.8) is 0 Å². The van der Waals surface area contributed by atoms with Gasteiger partial charge in [0.05, 0.1) is 5.69 Å². The Bertz CT molecular complexity index is 965. The molecule has 5 nitrogen and oxygen atoms in total. The topological polar surface area (TPSA) is 67.1 Å². The summed E-state index contributed by atoms with van der Waals surface area (Å²) in [6.07, 6.45) is 5.16. The van der Waals surface area contributed by atoms with Gasteiger partial charge in [0.1, 0.15) is 0 Å². The molecular formula is C24H29N5. The Kier molecular flexibility index (Phi) is 5.76. The van der Waals surface area contributed by atoms with Crippen molar-refractivity contribution in [1.82, 2.24) is 14.9 Å². The highest BCUT2D eigenvalue weighted by Crippen LogP contribution is 2.41.